The van der Waals surface area contributed by atoms with Gasteiger partial charge in [0.15, 0.2) is 0 Å². The second-order valence-electron chi connectivity index (χ2n) is 6.31. The second-order valence-corrected chi connectivity index (χ2v) is 6.31. The first-order valence-corrected chi connectivity index (χ1v) is 8.47. The molecule has 0 saturated carbocycles. The van der Waals surface area contributed by atoms with Gasteiger partial charge in [-0.1, -0.05) is 12.1 Å². The number of ether oxygens (including phenoxy) is 1. The average molecular weight is 343 g/mol. The largest absolute Gasteiger partial charge is 0.368 e. The van der Waals surface area contributed by atoms with Crippen molar-refractivity contribution in [1.29, 1.82) is 0 Å². The Morgan fingerprint density at radius 2 is 2.04 bits per heavy atom. The van der Waals surface area contributed by atoms with Gasteiger partial charge >= 0.3 is 0 Å². The Hall–Kier alpha value is -2.34. The third-order valence-electron chi connectivity index (χ3n) is 4.28. The Morgan fingerprint density at radius 1 is 1.28 bits per heavy atom. The van der Waals surface area contributed by atoms with Crippen LogP contribution in [0, 0.1) is 19.7 Å². The van der Waals surface area contributed by atoms with Crippen molar-refractivity contribution in [3.63, 3.8) is 0 Å². The summed E-state index contributed by atoms with van der Waals surface area (Å²) in [4.78, 5) is 23.1. The first-order valence-electron chi connectivity index (χ1n) is 8.47. The van der Waals surface area contributed by atoms with Crippen LogP contribution in [0.15, 0.2) is 30.3 Å². The van der Waals surface area contributed by atoms with Gasteiger partial charge in [-0.15, -0.1) is 0 Å². The smallest absolute Gasteiger partial charge is 0.223 e. The molecule has 25 heavy (non-hydrogen) atoms. The number of halogens is 1. The molecule has 6 heteroatoms. The Labute approximate surface area is 146 Å². The minimum Gasteiger partial charge on any atom is -0.368 e. The maximum Gasteiger partial charge on any atom is 0.223 e. The maximum absolute atomic E-state index is 12.9. The zero-order valence-corrected chi connectivity index (χ0v) is 14.5. The van der Waals surface area contributed by atoms with E-state index in [4.69, 9.17) is 4.74 Å². The number of rotatable bonds is 4. The fourth-order valence-electron chi connectivity index (χ4n) is 3.03. The van der Waals surface area contributed by atoms with Crippen LogP contribution in [0.5, 0.6) is 0 Å². The molecule has 1 aromatic heterocycles. The summed E-state index contributed by atoms with van der Waals surface area (Å²) in [5.41, 5.74) is 2.67. The molecule has 3 rings (SSSR count). The molecule has 1 saturated heterocycles. The minimum atomic E-state index is -0.262. The minimum absolute atomic E-state index is 0.0834. The number of aryl methyl sites for hydroxylation is 3. The monoisotopic (exact) mass is 343 g/mol. The first kappa shape index (κ1) is 17.5. The third kappa shape index (κ3) is 4.60. The summed E-state index contributed by atoms with van der Waals surface area (Å²) in [5.74, 6) is 0.528. The van der Waals surface area contributed by atoms with Crippen molar-refractivity contribution in [2.45, 2.75) is 32.8 Å². The zero-order chi connectivity index (χ0) is 17.8. The van der Waals surface area contributed by atoms with E-state index >= 15 is 0 Å². The average Bonchev–Trinajstić information content (AvgIpc) is 2.60. The molecule has 2 heterocycles. The molecule has 1 aliphatic rings. The summed E-state index contributed by atoms with van der Waals surface area (Å²) in [6.07, 6.45) is 0.788. The molecule has 5 nitrogen and oxygen atoms in total. The van der Waals surface area contributed by atoms with Crippen LogP contribution in [0.4, 0.5) is 4.39 Å². The van der Waals surface area contributed by atoms with Gasteiger partial charge in [-0.25, -0.2) is 14.4 Å². The van der Waals surface area contributed by atoms with Crippen molar-refractivity contribution >= 4 is 5.91 Å². The molecule has 1 atom stereocenters. The SMILES string of the molecule is Cc1cc([C@H]2CN(C(=O)CCc3ccc(F)cc3)CCO2)nc(C)n1. The molecule has 2 aromatic rings. The number of benzene rings is 1. The van der Waals surface area contributed by atoms with Crippen molar-refractivity contribution < 1.29 is 13.9 Å². The molecule has 0 spiro atoms. The number of hydrogen-bond acceptors (Lipinski definition) is 4. The number of morpholine rings is 1. The van der Waals surface area contributed by atoms with E-state index < -0.39 is 0 Å². The van der Waals surface area contributed by atoms with Crippen LogP contribution in [0.1, 0.15) is 35.3 Å². The highest BCUT2D eigenvalue weighted by atomic mass is 19.1. The van der Waals surface area contributed by atoms with E-state index in [9.17, 15) is 9.18 Å². The predicted octanol–water partition coefficient (Wildman–Crippen LogP) is 2.77. The molecule has 1 amide bonds. The number of aromatic nitrogens is 2. The lowest BCUT2D eigenvalue weighted by Crippen LogP contribution is -2.42. The van der Waals surface area contributed by atoms with E-state index in [-0.39, 0.29) is 17.8 Å². The molecule has 0 N–H and O–H groups in total. The lowest BCUT2D eigenvalue weighted by atomic mass is 10.1. The number of amides is 1. The van der Waals surface area contributed by atoms with Crippen LogP contribution in [-0.2, 0) is 16.0 Å². The molecule has 1 aliphatic heterocycles. The highest BCUT2D eigenvalue weighted by Crippen LogP contribution is 2.22. The lowest BCUT2D eigenvalue weighted by molar-refractivity contribution is -0.139. The molecule has 0 unspecified atom stereocenters. The standard InChI is InChI=1S/C19H22FN3O2/c1-13-11-17(22-14(2)21-13)18-12-23(9-10-25-18)19(24)8-5-15-3-6-16(20)7-4-15/h3-4,6-7,11,18H,5,8-10,12H2,1-2H3/t18-/m1/s1. The van der Waals surface area contributed by atoms with E-state index in [0.717, 1.165) is 17.0 Å². The van der Waals surface area contributed by atoms with Gasteiger partial charge in [-0.05, 0) is 44.0 Å². The summed E-state index contributed by atoms with van der Waals surface area (Å²) in [6.45, 7) is 5.35. The molecule has 0 radical (unpaired) electrons. The normalized spacial score (nSPS) is 17.6. The molecule has 132 valence electrons. The highest BCUT2D eigenvalue weighted by Gasteiger charge is 2.26. The summed E-state index contributed by atoms with van der Waals surface area (Å²) < 4.78 is 18.7. The van der Waals surface area contributed by atoms with Gasteiger partial charge in [0.1, 0.15) is 17.7 Å². The summed E-state index contributed by atoms with van der Waals surface area (Å²) >= 11 is 0. The molecular formula is C19H22FN3O2. The van der Waals surface area contributed by atoms with E-state index in [1.807, 2.05) is 24.8 Å². The molecule has 1 aromatic carbocycles. The molecular weight excluding hydrogens is 321 g/mol. The van der Waals surface area contributed by atoms with Gasteiger partial charge in [-0.3, -0.25) is 4.79 Å². The van der Waals surface area contributed by atoms with E-state index in [1.54, 1.807) is 12.1 Å². The zero-order valence-electron chi connectivity index (χ0n) is 14.5. The van der Waals surface area contributed by atoms with Crippen LogP contribution in [0.2, 0.25) is 0 Å². The number of nitrogens with zero attached hydrogens (tertiary/aromatic N) is 3. The van der Waals surface area contributed by atoms with Gasteiger partial charge in [0.25, 0.3) is 0 Å². The highest BCUT2D eigenvalue weighted by molar-refractivity contribution is 5.76. The molecule has 1 fully saturated rings. The van der Waals surface area contributed by atoms with E-state index in [1.165, 1.54) is 12.1 Å². The molecule has 0 bridgehead atoms. The Bertz CT molecular complexity index is 729. The van der Waals surface area contributed by atoms with Crippen LogP contribution in [-0.4, -0.2) is 40.5 Å². The van der Waals surface area contributed by atoms with Gasteiger partial charge in [0.2, 0.25) is 5.91 Å². The Balaban J connectivity index is 1.60. The van der Waals surface area contributed by atoms with Gasteiger partial charge in [0, 0.05) is 18.7 Å². The second kappa shape index (κ2) is 7.70. The van der Waals surface area contributed by atoms with Crippen LogP contribution >= 0.6 is 0 Å². The number of carbonyl (C=O) groups is 1. The summed E-state index contributed by atoms with van der Waals surface area (Å²) in [7, 11) is 0. The van der Waals surface area contributed by atoms with E-state index in [0.29, 0.717) is 38.4 Å². The topological polar surface area (TPSA) is 55.3 Å². The van der Waals surface area contributed by atoms with Gasteiger partial charge in [0.05, 0.1) is 18.8 Å². The van der Waals surface area contributed by atoms with Crippen LogP contribution < -0.4 is 0 Å². The van der Waals surface area contributed by atoms with Crippen molar-refractivity contribution in [3.05, 3.63) is 58.9 Å². The number of hydrogen-bond donors (Lipinski definition) is 0. The van der Waals surface area contributed by atoms with Crippen molar-refractivity contribution in [2.75, 3.05) is 19.7 Å². The molecule has 0 aliphatic carbocycles. The van der Waals surface area contributed by atoms with Gasteiger partial charge in [-0.2, -0.15) is 0 Å². The fourth-order valence-corrected chi connectivity index (χ4v) is 3.03. The van der Waals surface area contributed by atoms with Crippen molar-refractivity contribution in [2.24, 2.45) is 0 Å². The lowest BCUT2D eigenvalue weighted by Gasteiger charge is -2.33. The van der Waals surface area contributed by atoms with Crippen molar-refractivity contribution in [1.82, 2.24) is 14.9 Å². The van der Waals surface area contributed by atoms with Crippen molar-refractivity contribution in [3.8, 4) is 0 Å². The third-order valence-corrected chi connectivity index (χ3v) is 4.28. The fraction of sp³-hybridized carbons (Fsp3) is 0.421. The van der Waals surface area contributed by atoms with Crippen LogP contribution in [0.3, 0.4) is 0 Å². The first-order chi connectivity index (χ1) is 12.0. The predicted molar refractivity (Wildman–Crippen MR) is 91.5 cm³/mol. The van der Waals surface area contributed by atoms with E-state index in [2.05, 4.69) is 9.97 Å². The van der Waals surface area contributed by atoms with Gasteiger partial charge < -0.3 is 9.64 Å². The Kier molecular flexibility index (Phi) is 5.38. The van der Waals surface area contributed by atoms with Crippen LogP contribution in [0.25, 0.3) is 0 Å². The maximum atomic E-state index is 12.9. The summed E-state index contributed by atoms with van der Waals surface area (Å²) in [6, 6.07) is 8.19. The Morgan fingerprint density at radius 3 is 2.76 bits per heavy atom. The number of carbonyl (C=O) groups excluding carboxylic acids is 1. The quantitative estimate of drug-likeness (QED) is 0.857. The summed E-state index contributed by atoms with van der Waals surface area (Å²) in [5, 5.41) is 0.